The van der Waals surface area contributed by atoms with Crippen molar-refractivity contribution in [3.05, 3.63) is 41.2 Å². The molecule has 4 nitrogen and oxygen atoms in total. The third kappa shape index (κ3) is 3.14. The molecule has 0 radical (unpaired) electrons. The van der Waals surface area contributed by atoms with Gasteiger partial charge in [0.25, 0.3) is 0 Å². The normalized spacial score (nSPS) is 10.6. The van der Waals surface area contributed by atoms with Crippen LogP contribution in [0.15, 0.2) is 24.3 Å². The molecule has 0 saturated carbocycles. The Morgan fingerprint density at radius 3 is 2.15 bits per heavy atom. The predicted octanol–water partition coefficient (Wildman–Crippen LogP) is 2.53. The van der Waals surface area contributed by atoms with Crippen molar-refractivity contribution < 1.29 is 4.74 Å². The average Bonchev–Trinajstić information content (AvgIpc) is 2.46. The summed E-state index contributed by atoms with van der Waals surface area (Å²) in [6.07, 6.45) is 0.955. The first-order valence-electron chi connectivity index (χ1n) is 6.79. The lowest BCUT2D eigenvalue weighted by Gasteiger charge is -2.11. The van der Waals surface area contributed by atoms with Gasteiger partial charge in [0, 0.05) is 17.0 Å². The lowest BCUT2D eigenvalue weighted by molar-refractivity contribution is 0.415. The summed E-state index contributed by atoms with van der Waals surface area (Å²) < 4.78 is 5.17. The second kappa shape index (κ2) is 6.48. The van der Waals surface area contributed by atoms with E-state index in [2.05, 4.69) is 15.3 Å². The van der Waals surface area contributed by atoms with E-state index in [4.69, 9.17) is 4.74 Å². The number of hydrogen-bond acceptors (Lipinski definition) is 4. The Bertz CT molecular complexity index is 556. The number of nitrogens with one attached hydrogen (secondary N) is 1. The van der Waals surface area contributed by atoms with Crippen molar-refractivity contribution >= 4 is 0 Å². The van der Waals surface area contributed by atoms with Crippen LogP contribution in [-0.4, -0.2) is 30.7 Å². The van der Waals surface area contributed by atoms with Crippen molar-refractivity contribution in [3.63, 3.8) is 0 Å². The van der Waals surface area contributed by atoms with E-state index in [9.17, 15) is 0 Å². The summed E-state index contributed by atoms with van der Waals surface area (Å²) in [4.78, 5) is 9.27. The Kier molecular flexibility index (Phi) is 4.69. The van der Waals surface area contributed by atoms with Crippen molar-refractivity contribution in [1.29, 1.82) is 0 Å². The maximum absolute atomic E-state index is 5.17. The van der Waals surface area contributed by atoms with Crippen LogP contribution in [0.3, 0.4) is 0 Å². The van der Waals surface area contributed by atoms with E-state index in [0.29, 0.717) is 0 Å². The Morgan fingerprint density at radius 1 is 1.05 bits per heavy atom. The molecule has 0 aliphatic rings. The molecule has 0 spiro atoms. The molecular formula is C16H21N3O. The molecule has 0 unspecified atom stereocenters. The highest BCUT2D eigenvalue weighted by atomic mass is 16.5. The molecule has 1 aromatic heterocycles. The SMILES string of the molecule is CNCCc1c(C)nc(-c2ccc(OC)cc2)nc1C. The van der Waals surface area contributed by atoms with Gasteiger partial charge < -0.3 is 10.1 Å². The van der Waals surface area contributed by atoms with Crippen LogP contribution in [0, 0.1) is 13.8 Å². The summed E-state index contributed by atoms with van der Waals surface area (Å²) in [6, 6.07) is 7.83. The molecule has 4 heteroatoms. The Morgan fingerprint density at radius 2 is 1.65 bits per heavy atom. The Hall–Kier alpha value is -1.94. The summed E-state index contributed by atoms with van der Waals surface area (Å²) in [5, 5.41) is 3.16. The van der Waals surface area contributed by atoms with Gasteiger partial charge in [0.2, 0.25) is 0 Å². The first-order valence-corrected chi connectivity index (χ1v) is 6.79. The molecule has 0 aliphatic carbocycles. The molecule has 0 saturated heterocycles. The fourth-order valence-electron chi connectivity index (χ4n) is 2.22. The van der Waals surface area contributed by atoms with Crippen LogP contribution in [0.5, 0.6) is 5.75 Å². The second-order valence-corrected chi connectivity index (χ2v) is 4.78. The van der Waals surface area contributed by atoms with Crippen LogP contribution in [0.4, 0.5) is 0 Å². The largest absolute Gasteiger partial charge is 0.497 e. The summed E-state index contributed by atoms with van der Waals surface area (Å²) in [5.41, 5.74) is 4.35. The van der Waals surface area contributed by atoms with Gasteiger partial charge in [0.1, 0.15) is 5.75 Å². The fourth-order valence-corrected chi connectivity index (χ4v) is 2.22. The van der Waals surface area contributed by atoms with Gasteiger partial charge in [-0.15, -0.1) is 0 Å². The van der Waals surface area contributed by atoms with Crippen LogP contribution in [0.2, 0.25) is 0 Å². The molecule has 2 aromatic rings. The molecule has 20 heavy (non-hydrogen) atoms. The monoisotopic (exact) mass is 271 g/mol. The minimum atomic E-state index is 0.774. The van der Waals surface area contributed by atoms with E-state index < -0.39 is 0 Å². The molecule has 1 aromatic carbocycles. The standard InChI is InChI=1S/C16H21N3O/c1-11-15(9-10-17-3)12(2)19-16(18-11)13-5-7-14(20-4)8-6-13/h5-8,17H,9-10H2,1-4H3. The number of benzene rings is 1. The van der Waals surface area contributed by atoms with Gasteiger partial charge in [0.05, 0.1) is 7.11 Å². The minimum Gasteiger partial charge on any atom is -0.497 e. The number of aryl methyl sites for hydroxylation is 2. The highest BCUT2D eigenvalue weighted by Crippen LogP contribution is 2.21. The molecule has 0 aliphatic heterocycles. The number of methoxy groups -OCH3 is 1. The van der Waals surface area contributed by atoms with Gasteiger partial charge in [-0.1, -0.05) is 0 Å². The third-order valence-corrected chi connectivity index (χ3v) is 3.39. The summed E-state index contributed by atoms with van der Waals surface area (Å²) >= 11 is 0. The summed E-state index contributed by atoms with van der Waals surface area (Å²) in [7, 11) is 3.62. The molecular weight excluding hydrogens is 250 g/mol. The lowest BCUT2D eigenvalue weighted by atomic mass is 10.1. The van der Waals surface area contributed by atoms with Crippen molar-refractivity contribution in [3.8, 4) is 17.1 Å². The van der Waals surface area contributed by atoms with Gasteiger partial charge >= 0.3 is 0 Å². The average molecular weight is 271 g/mol. The second-order valence-electron chi connectivity index (χ2n) is 4.78. The highest BCUT2D eigenvalue weighted by molar-refractivity contribution is 5.57. The molecule has 106 valence electrons. The van der Waals surface area contributed by atoms with Gasteiger partial charge in [-0.05, 0) is 63.7 Å². The van der Waals surface area contributed by atoms with Crippen molar-refractivity contribution in [2.45, 2.75) is 20.3 Å². The van der Waals surface area contributed by atoms with Crippen molar-refractivity contribution in [2.75, 3.05) is 20.7 Å². The Balaban J connectivity index is 2.33. The van der Waals surface area contributed by atoms with Gasteiger partial charge in [0.15, 0.2) is 5.82 Å². The summed E-state index contributed by atoms with van der Waals surface area (Å²) in [6.45, 7) is 5.03. The van der Waals surface area contributed by atoms with Crippen LogP contribution in [-0.2, 0) is 6.42 Å². The van der Waals surface area contributed by atoms with E-state index in [1.54, 1.807) is 7.11 Å². The van der Waals surface area contributed by atoms with E-state index in [1.807, 2.05) is 45.2 Å². The first kappa shape index (κ1) is 14.5. The quantitative estimate of drug-likeness (QED) is 0.907. The maximum atomic E-state index is 5.17. The number of ether oxygens (including phenoxy) is 1. The zero-order valence-corrected chi connectivity index (χ0v) is 12.5. The maximum Gasteiger partial charge on any atom is 0.159 e. The third-order valence-electron chi connectivity index (χ3n) is 3.39. The summed E-state index contributed by atoms with van der Waals surface area (Å²) in [5.74, 6) is 1.61. The number of hydrogen-bond donors (Lipinski definition) is 1. The van der Waals surface area contributed by atoms with Crippen LogP contribution >= 0.6 is 0 Å². The van der Waals surface area contributed by atoms with Gasteiger partial charge in [-0.2, -0.15) is 0 Å². The Labute approximate surface area is 120 Å². The first-order chi connectivity index (χ1) is 9.65. The number of likely N-dealkylation sites (N-methyl/N-ethyl adjacent to an activating group) is 1. The fraction of sp³-hybridized carbons (Fsp3) is 0.375. The molecule has 1 N–H and O–H groups in total. The zero-order valence-electron chi connectivity index (χ0n) is 12.5. The zero-order chi connectivity index (χ0) is 14.5. The lowest BCUT2D eigenvalue weighted by Crippen LogP contribution is -2.13. The minimum absolute atomic E-state index is 0.774. The van der Waals surface area contributed by atoms with Crippen LogP contribution in [0.1, 0.15) is 17.0 Å². The number of aromatic nitrogens is 2. The smallest absolute Gasteiger partial charge is 0.159 e. The topological polar surface area (TPSA) is 47.0 Å². The van der Waals surface area contributed by atoms with Gasteiger partial charge in [-0.25, -0.2) is 9.97 Å². The van der Waals surface area contributed by atoms with Gasteiger partial charge in [-0.3, -0.25) is 0 Å². The van der Waals surface area contributed by atoms with E-state index in [0.717, 1.165) is 41.5 Å². The number of nitrogens with zero attached hydrogens (tertiary/aromatic N) is 2. The van der Waals surface area contributed by atoms with E-state index >= 15 is 0 Å². The predicted molar refractivity (Wildman–Crippen MR) is 81.1 cm³/mol. The van der Waals surface area contributed by atoms with Crippen molar-refractivity contribution in [1.82, 2.24) is 15.3 Å². The van der Waals surface area contributed by atoms with Crippen molar-refractivity contribution in [2.24, 2.45) is 0 Å². The molecule has 2 rings (SSSR count). The van der Waals surface area contributed by atoms with E-state index in [1.165, 1.54) is 5.56 Å². The highest BCUT2D eigenvalue weighted by Gasteiger charge is 2.09. The van der Waals surface area contributed by atoms with Crippen LogP contribution < -0.4 is 10.1 Å². The number of rotatable bonds is 5. The molecule has 0 amide bonds. The molecule has 0 fully saturated rings. The molecule has 0 bridgehead atoms. The molecule has 0 atom stereocenters. The molecule has 1 heterocycles. The van der Waals surface area contributed by atoms with E-state index in [-0.39, 0.29) is 0 Å². The van der Waals surface area contributed by atoms with Crippen LogP contribution in [0.25, 0.3) is 11.4 Å².